The lowest BCUT2D eigenvalue weighted by atomic mass is 10.1. The highest BCUT2D eigenvalue weighted by Crippen LogP contribution is 2.33. The Morgan fingerprint density at radius 3 is 2.21 bits per heavy atom. The van der Waals surface area contributed by atoms with E-state index in [9.17, 15) is 0 Å². The van der Waals surface area contributed by atoms with E-state index < -0.39 is 0 Å². The summed E-state index contributed by atoms with van der Waals surface area (Å²) in [6.07, 6.45) is 8.23. The minimum Gasteiger partial charge on any atom is -0.176 e. The van der Waals surface area contributed by atoms with Crippen molar-refractivity contribution in [3.63, 3.8) is 0 Å². The molecule has 0 nitrogen and oxygen atoms in total. The van der Waals surface area contributed by atoms with Gasteiger partial charge in [0.1, 0.15) is 0 Å². The van der Waals surface area contributed by atoms with Gasteiger partial charge < -0.3 is 0 Å². The molecule has 86 valence electrons. The molecule has 3 heteroatoms. The summed E-state index contributed by atoms with van der Waals surface area (Å²) in [6, 6.07) is 0. The third-order valence-electron chi connectivity index (χ3n) is 2.53. The van der Waals surface area contributed by atoms with Crippen molar-refractivity contribution in [1.29, 1.82) is 0 Å². The molecule has 0 aromatic rings. The van der Waals surface area contributed by atoms with E-state index in [0.29, 0.717) is 5.25 Å². The Labute approximate surface area is 106 Å². The van der Waals surface area contributed by atoms with Crippen LogP contribution in [-0.2, 0) is 0 Å². The maximum absolute atomic E-state index is 4.60. The van der Waals surface area contributed by atoms with E-state index in [1.165, 1.54) is 19.3 Å². The topological polar surface area (TPSA) is 0 Å². The Bertz CT molecular complexity index is 134. The zero-order valence-electron chi connectivity index (χ0n) is 9.37. The zero-order chi connectivity index (χ0) is 11.0. The number of rotatable bonds is 8. The fourth-order valence-electron chi connectivity index (χ4n) is 1.39. The van der Waals surface area contributed by atoms with E-state index in [2.05, 4.69) is 51.7 Å². The van der Waals surface area contributed by atoms with E-state index >= 15 is 0 Å². The second kappa shape index (κ2) is 8.23. The van der Waals surface area contributed by atoms with Crippen molar-refractivity contribution < 1.29 is 0 Å². The van der Waals surface area contributed by atoms with Crippen LogP contribution in [0.3, 0.4) is 0 Å². The predicted molar refractivity (Wildman–Crippen MR) is 77.1 cm³/mol. The molecule has 0 fully saturated rings. The van der Waals surface area contributed by atoms with Gasteiger partial charge in [0.2, 0.25) is 0 Å². The summed E-state index contributed by atoms with van der Waals surface area (Å²) in [5.74, 6) is 0. The zero-order valence-corrected chi connectivity index (χ0v) is 12.1. The van der Waals surface area contributed by atoms with E-state index in [1.807, 2.05) is 0 Å². The highest BCUT2D eigenvalue weighted by molar-refractivity contribution is 8.00. The first-order chi connectivity index (χ1) is 6.52. The van der Waals surface area contributed by atoms with Crippen molar-refractivity contribution in [3.05, 3.63) is 0 Å². The van der Waals surface area contributed by atoms with E-state index in [1.54, 1.807) is 0 Å². The van der Waals surface area contributed by atoms with E-state index in [0.717, 1.165) is 25.7 Å². The molecule has 0 rings (SSSR count). The van der Waals surface area contributed by atoms with Gasteiger partial charge in [-0.2, -0.15) is 37.9 Å². The molecule has 0 aromatic carbocycles. The minimum atomic E-state index is -0.0781. The van der Waals surface area contributed by atoms with E-state index in [4.69, 9.17) is 0 Å². The van der Waals surface area contributed by atoms with Crippen LogP contribution in [0.1, 0.15) is 58.8 Å². The fourth-order valence-corrected chi connectivity index (χ4v) is 2.09. The van der Waals surface area contributed by atoms with Gasteiger partial charge in [0.05, 0.1) is 4.08 Å². The van der Waals surface area contributed by atoms with Crippen molar-refractivity contribution in [2.24, 2.45) is 0 Å². The molecule has 0 aromatic heterocycles. The van der Waals surface area contributed by atoms with Crippen LogP contribution in [0.4, 0.5) is 0 Å². The summed E-state index contributed by atoms with van der Waals surface area (Å²) in [4.78, 5) is 0. The van der Waals surface area contributed by atoms with Crippen molar-refractivity contribution in [2.75, 3.05) is 0 Å². The number of thiol groups is 3. The standard InChI is InChI=1S/C11H24S3/c1-3-5-6-8-11(13,14)9-7-10(12)4-2/h10,12-14H,3-9H2,1-2H3. The van der Waals surface area contributed by atoms with Gasteiger partial charge in [0.25, 0.3) is 0 Å². The Kier molecular flexibility index (Phi) is 8.85. The summed E-state index contributed by atoms with van der Waals surface area (Å²) >= 11 is 13.7. The van der Waals surface area contributed by atoms with Gasteiger partial charge in [-0.25, -0.2) is 0 Å². The smallest absolute Gasteiger partial charge is 0.0552 e. The SMILES string of the molecule is CCCCCC(S)(S)CCC(S)CC. The third-order valence-corrected chi connectivity index (χ3v) is 4.05. The molecule has 0 saturated carbocycles. The van der Waals surface area contributed by atoms with Crippen LogP contribution in [0.25, 0.3) is 0 Å². The van der Waals surface area contributed by atoms with Crippen molar-refractivity contribution in [3.8, 4) is 0 Å². The maximum Gasteiger partial charge on any atom is 0.0552 e. The van der Waals surface area contributed by atoms with Crippen molar-refractivity contribution in [1.82, 2.24) is 0 Å². The number of unbranched alkanes of at least 4 members (excludes halogenated alkanes) is 2. The Hall–Kier alpha value is 1.05. The fraction of sp³-hybridized carbons (Fsp3) is 1.00. The summed E-state index contributed by atoms with van der Waals surface area (Å²) < 4.78 is -0.0781. The maximum atomic E-state index is 4.60. The molecule has 0 amide bonds. The van der Waals surface area contributed by atoms with Gasteiger partial charge in [0.15, 0.2) is 0 Å². The first kappa shape index (κ1) is 15.0. The molecular formula is C11H24S3. The molecule has 0 spiro atoms. The number of hydrogen-bond acceptors (Lipinski definition) is 3. The van der Waals surface area contributed by atoms with Crippen LogP contribution in [0, 0.1) is 0 Å². The van der Waals surface area contributed by atoms with Gasteiger partial charge >= 0.3 is 0 Å². The Morgan fingerprint density at radius 2 is 1.71 bits per heavy atom. The average molecular weight is 253 g/mol. The summed E-state index contributed by atoms with van der Waals surface area (Å²) in [5, 5.41) is 0.514. The quantitative estimate of drug-likeness (QED) is 0.314. The second-order valence-electron chi connectivity index (χ2n) is 4.04. The molecule has 1 unspecified atom stereocenters. The lowest BCUT2D eigenvalue weighted by Crippen LogP contribution is -2.15. The molecule has 0 aliphatic carbocycles. The molecule has 0 N–H and O–H groups in total. The molecule has 0 heterocycles. The molecule has 0 radical (unpaired) electrons. The second-order valence-corrected chi connectivity index (χ2v) is 6.84. The van der Waals surface area contributed by atoms with Crippen LogP contribution < -0.4 is 0 Å². The van der Waals surface area contributed by atoms with Crippen LogP contribution in [0.2, 0.25) is 0 Å². The van der Waals surface area contributed by atoms with Gasteiger partial charge in [-0.1, -0.05) is 33.1 Å². The Balaban J connectivity index is 3.60. The molecule has 0 saturated heterocycles. The van der Waals surface area contributed by atoms with Crippen molar-refractivity contribution in [2.45, 2.75) is 68.1 Å². The molecule has 0 bridgehead atoms. The minimum absolute atomic E-state index is 0.0781. The lowest BCUT2D eigenvalue weighted by Gasteiger charge is -2.23. The van der Waals surface area contributed by atoms with Crippen LogP contribution >= 0.6 is 37.9 Å². The molecular weight excluding hydrogens is 228 g/mol. The Morgan fingerprint density at radius 1 is 1.07 bits per heavy atom. The van der Waals surface area contributed by atoms with Gasteiger partial charge in [-0.05, 0) is 25.7 Å². The first-order valence-electron chi connectivity index (χ1n) is 5.64. The average Bonchev–Trinajstić information content (AvgIpc) is 2.14. The highest BCUT2D eigenvalue weighted by atomic mass is 32.2. The monoisotopic (exact) mass is 252 g/mol. The van der Waals surface area contributed by atoms with Gasteiger partial charge in [-0.3, -0.25) is 0 Å². The van der Waals surface area contributed by atoms with Crippen LogP contribution in [0.15, 0.2) is 0 Å². The largest absolute Gasteiger partial charge is 0.176 e. The van der Waals surface area contributed by atoms with Gasteiger partial charge in [0, 0.05) is 5.25 Å². The predicted octanol–water partition coefficient (Wildman–Crippen LogP) is 4.61. The molecule has 0 aliphatic heterocycles. The first-order valence-corrected chi connectivity index (χ1v) is 7.05. The lowest BCUT2D eigenvalue weighted by molar-refractivity contribution is 0.569. The molecule has 0 aliphatic rings. The van der Waals surface area contributed by atoms with E-state index in [-0.39, 0.29) is 4.08 Å². The summed E-state index contributed by atoms with van der Waals surface area (Å²) in [5.41, 5.74) is 0. The summed E-state index contributed by atoms with van der Waals surface area (Å²) in [7, 11) is 0. The molecule has 14 heavy (non-hydrogen) atoms. The van der Waals surface area contributed by atoms with Crippen LogP contribution in [0.5, 0.6) is 0 Å². The summed E-state index contributed by atoms with van der Waals surface area (Å²) in [6.45, 7) is 4.40. The third kappa shape index (κ3) is 8.37. The van der Waals surface area contributed by atoms with Crippen molar-refractivity contribution >= 4 is 37.9 Å². The van der Waals surface area contributed by atoms with Gasteiger partial charge in [-0.15, -0.1) is 0 Å². The number of hydrogen-bond donors (Lipinski definition) is 3. The molecule has 1 atom stereocenters. The van der Waals surface area contributed by atoms with Crippen LogP contribution in [-0.4, -0.2) is 9.33 Å². The normalized spacial score (nSPS) is 14.4. The highest BCUT2D eigenvalue weighted by Gasteiger charge is 2.20.